The summed E-state index contributed by atoms with van der Waals surface area (Å²) in [5, 5.41) is 5.88. The van der Waals surface area contributed by atoms with Crippen molar-refractivity contribution in [3.8, 4) is 11.1 Å². The third-order valence-corrected chi connectivity index (χ3v) is 7.29. The maximum Gasteiger partial charge on any atom is 0.248 e. The van der Waals surface area contributed by atoms with Crippen molar-refractivity contribution < 1.29 is 18.4 Å². The Bertz CT molecular complexity index is 1880. The molecule has 0 bridgehead atoms. The van der Waals surface area contributed by atoms with Crippen molar-refractivity contribution in [3.63, 3.8) is 0 Å². The molecule has 1 amide bonds. The van der Waals surface area contributed by atoms with Crippen LogP contribution in [0, 0.1) is 18.6 Å². The Morgan fingerprint density at radius 2 is 1.79 bits per heavy atom. The number of amides is 1. The van der Waals surface area contributed by atoms with Gasteiger partial charge < -0.3 is 19.6 Å². The number of hydrogen-bond acceptors (Lipinski definition) is 4. The van der Waals surface area contributed by atoms with E-state index in [2.05, 4.69) is 15.6 Å². The quantitative estimate of drug-likeness (QED) is 0.161. The molecule has 5 rings (SSSR count). The van der Waals surface area contributed by atoms with Gasteiger partial charge in [-0.2, -0.15) is 0 Å². The number of carbonyl (C=O) groups excluding carboxylic acids is 2. The normalized spacial score (nSPS) is 12.1. The lowest BCUT2D eigenvalue weighted by Crippen LogP contribution is -2.35. The highest BCUT2D eigenvalue weighted by Crippen LogP contribution is 2.39. The van der Waals surface area contributed by atoms with Crippen LogP contribution in [-0.4, -0.2) is 37.7 Å². The Labute approximate surface area is 246 Å². The summed E-state index contributed by atoms with van der Waals surface area (Å²) in [6.45, 7) is 8.29. The van der Waals surface area contributed by atoms with Crippen molar-refractivity contribution in [1.29, 1.82) is 0 Å². The minimum absolute atomic E-state index is 0.145. The smallest absolute Gasteiger partial charge is 0.248 e. The summed E-state index contributed by atoms with van der Waals surface area (Å²) in [6.07, 6.45) is 6.16. The first-order valence-electron chi connectivity index (χ1n) is 13.3. The first kappa shape index (κ1) is 29.2. The minimum Gasteiger partial charge on any atom is -0.334 e. The lowest BCUT2D eigenvalue weighted by Gasteiger charge is -2.18. The van der Waals surface area contributed by atoms with Gasteiger partial charge in [0.1, 0.15) is 22.8 Å². The summed E-state index contributed by atoms with van der Waals surface area (Å²) in [5.41, 5.74) is 4.01. The zero-order chi connectivity index (χ0) is 30.3. The predicted molar refractivity (Wildman–Crippen MR) is 162 cm³/mol. The summed E-state index contributed by atoms with van der Waals surface area (Å²) in [4.78, 5) is 30.1. The first-order chi connectivity index (χ1) is 19.9. The zero-order valence-corrected chi connectivity index (χ0v) is 24.6. The molecule has 0 aliphatic rings. The minimum atomic E-state index is -1.06. The van der Waals surface area contributed by atoms with Crippen LogP contribution in [0.1, 0.15) is 42.4 Å². The van der Waals surface area contributed by atoms with Crippen LogP contribution in [0.25, 0.3) is 27.7 Å². The van der Waals surface area contributed by atoms with Crippen LogP contribution in [0.4, 0.5) is 14.5 Å². The maximum atomic E-state index is 15.0. The molecule has 0 atom stereocenters. The molecule has 7 nitrogen and oxygen atoms in total. The lowest BCUT2D eigenvalue weighted by atomic mass is 9.99. The van der Waals surface area contributed by atoms with E-state index in [1.165, 1.54) is 6.08 Å². The molecule has 3 heterocycles. The molecule has 0 aliphatic heterocycles. The molecule has 0 fully saturated rings. The molecule has 5 aromatic rings. The standard InChI is InChI=1S/C32H30ClF2N5O2/c1-18-14-25-30(36-17-39(25)5)28(33)27(18)20-8-7-13-40-23(20)10-11-24(40)31(42)19-15-21(34)29(22(35)16-19)38-26(41)9-6-12-37-32(2,3)4/h6-11,13-17,37H,12H2,1-5H3,(H,38,41)/b9-6+. The topological polar surface area (TPSA) is 80.4 Å². The second kappa shape index (κ2) is 11.2. The van der Waals surface area contributed by atoms with Gasteiger partial charge in [0.25, 0.3) is 0 Å². The van der Waals surface area contributed by atoms with Crippen LogP contribution in [0.2, 0.25) is 5.02 Å². The number of pyridine rings is 1. The van der Waals surface area contributed by atoms with E-state index in [9.17, 15) is 18.4 Å². The molecule has 10 heteroatoms. The number of fused-ring (bicyclic) bond motifs is 2. The SMILES string of the molecule is Cc1cc2c(ncn2C)c(Cl)c1-c1cccn2c(C(=O)c3cc(F)c(NC(=O)/C=C/CNC(C)(C)C)c(F)c3)ccc12. The van der Waals surface area contributed by atoms with Gasteiger partial charge in [0.2, 0.25) is 11.7 Å². The number of anilines is 1. The van der Waals surface area contributed by atoms with Crippen molar-refractivity contribution >= 4 is 45.5 Å². The van der Waals surface area contributed by atoms with Gasteiger partial charge in [-0.1, -0.05) is 23.7 Å². The maximum absolute atomic E-state index is 15.0. The molecule has 2 aromatic carbocycles. The third kappa shape index (κ3) is 5.57. The number of halogens is 3. The van der Waals surface area contributed by atoms with E-state index in [1.807, 2.05) is 51.4 Å². The number of rotatable bonds is 7. The molecule has 2 N–H and O–H groups in total. The van der Waals surface area contributed by atoms with Crippen LogP contribution >= 0.6 is 11.6 Å². The first-order valence-corrected chi connectivity index (χ1v) is 13.7. The van der Waals surface area contributed by atoms with Gasteiger partial charge in [0.15, 0.2) is 0 Å². The van der Waals surface area contributed by atoms with Gasteiger partial charge in [0.05, 0.1) is 28.1 Å². The Morgan fingerprint density at radius 3 is 2.48 bits per heavy atom. The molecule has 0 saturated heterocycles. The summed E-state index contributed by atoms with van der Waals surface area (Å²) in [5.74, 6) is -3.38. The molecule has 0 spiro atoms. The fraction of sp³-hybridized carbons (Fsp3) is 0.219. The van der Waals surface area contributed by atoms with Gasteiger partial charge >= 0.3 is 0 Å². The second-order valence-electron chi connectivity index (χ2n) is 11.2. The summed E-state index contributed by atoms with van der Waals surface area (Å²) >= 11 is 6.83. The van der Waals surface area contributed by atoms with Crippen molar-refractivity contribution in [2.75, 3.05) is 11.9 Å². The molecule has 0 unspecified atom stereocenters. The summed E-state index contributed by atoms with van der Waals surface area (Å²) in [7, 11) is 1.90. The Kier molecular flexibility index (Phi) is 7.74. The number of ketones is 1. The predicted octanol–water partition coefficient (Wildman–Crippen LogP) is 6.85. The lowest BCUT2D eigenvalue weighted by molar-refractivity contribution is -0.112. The Balaban J connectivity index is 1.44. The molecule has 0 aliphatic carbocycles. The number of imidazole rings is 1. The number of aromatic nitrogens is 3. The monoisotopic (exact) mass is 589 g/mol. The van der Waals surface area contributed by atoms with Crippen LogP contribution in [0.5, 0.6) is 0 Å². The molecular formula is C32H30ClF2N5O2. The summed E-state index contributed by atoms with van der Waals surface area (Å²) < 4.78 is 33.5. The van der Waals surface area contributed by atoms with Crippen LogP contribution in [0.3, 0.4) is 0 Å². The number of carbonyl (C=O) groups is 2. The van der Waals surface area contributed by atoms with Crippen molar-refractivity contribution in [2.24, 2.45) is 7.05 Å². The van der Waals surface area contributed by atoms with E-state index >= 15 is 0 Å². The fourth-order valence-corrected chi connectivity index (χ4v) is 5.28. The number of hydrogen-bond donors (Lipinski definition) is 2. The van der Waals surface area contributed by atoms with E-state index in [4.69, 9.17) is 11.6 Å². The Morgan fingerprint density at radius 1 is 1.07 bits per heavy atom. The molecule has 42 heavy (non-hydrogen) atoms. The fourth-order valence-electron chi connectivity index (χ4n) is 4.88. The van der Waals surface area contributed by atoms with Crippen molar-refractivity contribution in [1.82, 2.24) is 19.3 Å². The van der Waals surface area contributed by atoms with E-state index in [0.29, 0.717) is 22.6 Å². The van der Waals surface area contributed by atoms with Crippen LogP contribution in [0.15, 0.2) is 67.1 Å². The van der Waals surface area contributed by atoms with E-state index in [1.54, 1.807) is 41.2 Å². The molecule has 3 aromatic heterocycles. The number of nitrogens with zero attached hydrogens (tertiary/aromatic N) is 3. The van der Waals surface area contributed by atoms with E-state index in [-0.39, 0.29) is 16.8 Å². The molecule has 0 saturated carbocycles. The molecule has 216 valence electrons. The highest BCUT2D eigenvalue weighted by atomic mass is 35.5. The van der Waals surface area contributed by atoms with Crippen LogP contribution < -0.4 is 10.6 Å². The Hall–Kier alpha value is -4.34. The molecule has 0 radical (unpaired) electrons. The van der Waals surface area contributed by atoms with Crippen molar-refractivity contribution in [3.05, 3.63) is 101 Å². The third-order valence-electron chi connectivity index (χ3n) is 6.92. The highest BCUT2D eigenvalue weighted by molar-refractivity contribution is 6.38. The van der Waals surface area contributed by atoms with E-state index in [0.717, 1.165) is 34.3 Å². The van der Waals surface area contributed by atoms with Gasteiger partial charge in [-0.3, -0.25) is 9.59 Å². The second-order valence-corrected chi connectivity index (χ2v) is 11.5. The number of aryl methyl sites for hydroxylation is 2. The number of benzene rings is 2. The summed E-state index contributed by atoms with van der Waals surface area (Å²) in [6, 6.07) is 10.9. The number of nitrogens with one attached hydrogen (secondary N) is 2. The van der Waals surface area contributed by atoms with E-state index < -0.39 is 29.0 Å². The highest BCUT2D eigenvalue weighted by Gasteiger charge is 2.22. The van der Waals surface area contributed by atoms with Gasteiger partial charge in [0, 0.05) is 48.1 Å². The van der Waals surface area contributed by atoms with Crippen molar-refractivity contribution in [2.45, 2.75) is 33.2 Å². The molecular weight excluding hydrogens is 560 g/mol. The largest absolute Gasteiger partial charge is 0.334 e. The zero-order valence-electron chi connectivity index (χ0n) is 23.8. The average molecular weight is 590 g/mol. The van der Waals surface area contributed by atoms with Gasteiger partial charge in [-0.05, 0) is 69.7 Å². The van der Waals surface area contributed by atoms with Gasteiger partial charge in [-0.25, -0.2) is 13.8 Å². The van der Waals surface area contributed by atoms with Gasteiger partial charge in [-0.15, -0.1) is 0 Å². The average Bonchev–Trinajstić information content (AvgIpc) is 3.52. The van der Waals surface area contributed by atoms with Crippen LogP contribution in [-0.2, 0) is 11.8 Å².